The summed E-state index contributed by atoms with van der Waals surface area (Å²) in [5, 5.41) is 8.79. The second kappa shape index (κ2) is 5.93. The average Bonchev–Trinajstić information content (AvgIpc) is 2.35. The molecule has 0 fully saturated rings. The summed E-state index contributed by atoms with van der Waals surface area (Å²) in [6.45, 7) is 3.37. The lowest BCUT2D eigenvalue weighted by atomic mass is 10.2. The van der Waals surface area contributed by atoms with Gasteiger partial charge in [-0.1, -0.05) is 6.92 Å². The maximum atomic E-state index is 12.0. The molecule has 17 heavy (non-hydrogen) atoms. The molecule has 0 saturated heterocycles. The number of nitrogens with zero attached hydrogens (tertiary/aromatic N) is 3. The van der Waals surface area contributed by atoms with Crippen molar-refractivity contribution in [1.82, 2.24) is 14.9 Å². The number of carbonyl (C=O) groups is 2. The van der Waals surface area contributed by atoms with Crippen LogP contribution >= 0.6 is 0 Å². The zero-order valence-corrected chi connectivity index (χ0v) is 9.83. The minimum Gasteiger partial charge on any atom is -0.480 e. The van der Waals surface area contributed by atoms with Gasteiger partial charge in [0.25, 0.3) is 5.91 Å². The minimum atomic E-state index is -1.04. The van der Waals surface area contributed by atoms with Crippen molar-refractivity contribution in [3.8, 4) is 0 Å². The molecule has 0 aliphatic carbocycles. The molecule has 1 amide bonds. The number of carbonyl (C=O) groups excluding carboxylic acids is 1. The fourth-order valence-electron chi connectivity index (χ4n) is 1.35. The SMILES string of the molecule is CCC(C)N(CC(=O)O)C(=O)c1cnccn1. The van der Waals surface area contributed by atoms with E-state index >= 15 is 0 Å². The summed E-state index contributed by atoms with van der Waals surface area (Å²) in [6.07, 6.45) is 4.88. The molecule has 6 heteroatoms. The third-order valence-electron chi connectivity index (χ3n) is 2.47. The molecule has 0 saturated carbocycles. The van der Waals surface area contributed by atoms with Gasteiger partial charge < -0.3 is 10.0 Å². The number of aromatic nitrogens is 2. The third kappa shape index (κ3) is 3.51. The molecule has 6 nitrogen and oxygen atoms in total. The molecular formula is C11H15N3O3. The summed E-state index contributed by atoms with van der Waals surface area (Å²) in [5.41, 5.74) is 0.161. The Morgan fingerprint density at radius 3 is 2.65 bits per heavy atom. The number of amides is 1. The predicted octanol–water partition coefficient (Wildman–Crippen LogP) is 0.802. The highest BCUT2D eigenvalue weighted by Gasteiger charge is 2.23. The first-order chi connectivity index (χ1) is 8.06. The molecule has 0 bridgehead atoms. The number of hydrogen-bond donors (Lipinski definition) is 1. The molecule has 0 aliphatic rings. The molecule has 1 heterocycles. The van der Waals surface area contributed by atoms with E-state index in [4.69, 9.17) is 5.11 Å². The van der Waals surface area contributed by atoms with Crippen molar-refractivity contribution >= 4 is 11.9 Å². The Bertz CT molecular complexity index is 394. The van der Waals surface area contributed by atoms with Gasteiger partial charge in [0.2, 0.25) is 0 Å². The predicted molar refractivity (Wildman–Crippen MR) is 60.5 cm³/mol. The van der Waals surface area contributed by atoms with Gasteiger partial charge in [-0.05, 0) is 13.3 Å². The second-order valence-corrected chi connectivity index (χ2v) is 3.67. The van der Waals surface area contributed by atoms with Crippen LogP contribution in [0.1, 0.15) is 30.8 Å². The van der Waals surface area contributed by atoms with E-state index in [2.05, 4.69) is 9.97 Å². The summed E-state index contributed by atoms with van der Waals surface area (Å²) in [7, 11) is 0. The minimum absolute atomic E-state index is 0.152. The van der Waals surface area contributed by atoms with Crippen molar-refractivity contribution in [1.29, 1.82) is 0 Å². The van der Waals surface area contributed by atoms with E-state index in [1.165, 1.54) is 23.5 Å². The number of hydrogen-bond acceptors (Lipinski definition) is 4. The van der Waals surface area contributed by atoms with Gasteiger partial charge in [0.05, 0.1) is 6.20 Å². The first-order valence-corrected chi connectivity index (χ1v) is 5.35. The van der Waals surface area contributed by atoms with E-state index in [1.807, 2.05) is 6.92 Å². The zero-order valence-electron chi connectivity index (χ0n) is 9.83. The number of carboxylic acid groups (broad SMARTS) is 1. The maximum absolute atomic E-state index is 12.0. The van der Waals surface area contributed by atoms with Crippen molar-refractivity contribution in [3.05, 3.63) is 24.3 Å². The quantitative estimate of drug-likeness (QED) is 0.819. The first-order valence-electron chi connectivity index (χ1n) is 5.35. The monoisotopic (exact) mass is 237 g/mol. The van der Waals surface area contributed by atoms with Gasteiger partial charge in [-0.25, -0.2) is 4.98 Å². The Kier molecular flexibility index (Phi) is 4.56. The van der Waals surface area contributed by atoms with Crippen molar-refractivity contribution in [2.24, 2.45) is 0 Å². The summed E-state index contributed by atoms with van der Waals surface area (Å²) in [6, 6.07) is -0.152. The van der Waals surface area contributed by atoms with E-state index in [1.54, 1.807) is 6.92 Å². The number of rotatable bonds is 5. The van der Waals surface area contributed by atoms with Crippen molar-refractivity contribution in [2.75, 3.05) is 6.54 Å². The van der Waals surface area contributed by atoms with Gasteiger partial charge in [0.15, 0.2) is 0 Å². The summed E-state index contributed by atoms with van der Waals surface area (Å²) in [5.74, 6) is -1.45. The highest BCUT2D eigenvalue weighted by Crippen LogP contribution is 2.08. The smallest absolute Gasteiger partial charge is 0.323 e. The average molecular weight is 237 g/mol. The fourth-order valence-corrected chi connectivity index (χ4v) is 1.35. The molecule has 1 aromatic rings. The Labute approximate surface area is 99.3 Å². The topological polar surface area (TPSA) is 83.4 Å². The van der Waals surface area contributed by atoms with Crippen LogP contribution in [0.15, 0.2) is 18.6 Å². The van der Waals surface area contributed by atoms with Crippen LogP contribution in [0.25, 0.3) is 0 Å². The van der Waals surface area contributed by atoms with E-state index in [9.17, 15) is 9.59 Å². The molecule has 92 valence electrons. The second-order valence-electron chi connectivity index (χ2n) is 3.67. The maximum Gasteiger partial charge on any atom is 0.323 e. The van der Waals surface area contributed by atoms with Crippen LogP contribution in [-0.2, 0) is 4.79 Å². The number of aliphatic carboxylic acids is 1. The summed E-state index contributed by atoms with van der Waals surface area (Å²) in [4.78, 5) is 31.7. The summed E-state index contributed by atoms with van der Waals surface area (Å²) < 4.78 is 0. The molecule has 0 radical (unpaired) electrons. The molecule has 1 N–H and O–H groups in total. The lowest BCUT2D eigenvalue weighted by Gasteiger charge is -2.26. The van der Waals surface area contributed by atoms with Gasteiger partial charge in [0.1, 0.15) is 12.2 Å². The Balaban J connectivity index is 2.90. The largest absolute Gasteiger partial charge is 0.480 e. The first kappa shape index (κ1) is 13.1. The Hall–Kier alpha value is -1.98. The van der Waals surface area contributed by atoms with Gasteiger partial charge >= 0.3 is 5.97 Å². The fraction of sp³-hybridized carbons (Fsp3) is 0.455. The van der Waals surface area contributed by atoms with Crippen molar-refractivity contribution in [2.45, 2.75) is 26.3 Å². The van der Waals surface area contributed by atoms with E-state index < -0.39 is 11.9 Å². The van der Waals surface area contributed by atoms with Gasteiger partial charge in [-0.3, -0.25) is 14.6 Å². The molecule has 1 aromatic heterocycles. The standard InChI is InChI=1S/C11H15N3O3/c1-3-8(2)14(7-10(15)16)11(17)9-6-12-4-5-13-9/h4-6,8H,3,7H2,1-2H3,(H,15,16). The highest BCUT2D eigenvalue weighted by molar-refractivity contribution is 5.94. The zero-order chi connectivity index (χ0) is 12.8. The molecular weight excluding hydrogens is 222 g/mol. The van der Waals surface area contributed by atoms with E-state index in [0.717, 1.165) is 0 Å². The van der Waals surface area contributed by atoms with E-state index in [0.29, 0.717) is 6.42 Å². The van der Waals surface area contributed by atoms with Crippen LogP contribution in [0.5, 0.6) is 0 Å². The van der Waals surface area contributed by atoms with E-state index in [-0.39, 0.29) is 18.3 Å². The molecule has 1 rings (SSSR count). The van der Waals surface area contributed by atoms with Crippen LogP contribution in [0.4, 0.5) is 0 Å². The summed E-state index contributed by atoms with van der Waals surface area (Å²) >= 11 is 0. The normalized spacial score (nSPS) is 11.9. The van der Waals surface area contributed by atoms with Gasteiger partial charge in [-0.2, -0.15) is 0 Å². The van der Waals surface area contributed by atoms with Crippen LogP contribution < -0.4 is 0 Å². The molecule has 1 unspecified atom stereocenters. The van der Waals surface area contributed by atoms with Crippen LogP contribution in [0.3, 0.4) is 0 Å². The van der Waals surface area contributed by atoms with Gasteiger partial charge in [-0.15, -0.1) is 0 Å². The molecule has 0 aromatic carbocycles. The highest BCUT2D eigenvalue weighted by atomic mass is 16.4. The van der Waals surface area contributed by atoms with Gasteiger partial charge in [0, 0.05) is 18.4 Å². The Morgan fingerprint density at radius 1 is 1.47 bits per heavy atom. The van der Waals surface area contributed by atoms with Crippen LogP contribution in [0.2, 0.25) is 0 Å². The van der Waals surface area contributed by atoms with Crippen molar-refractivity contribution < 1.29 is 14.7 Å². The third-order valence-corrected chi connectivity index (χ3v) is 2.47. The Morgan fingerprint density at radius 2 is 2.18 bits per heavy atom. The van der Waals surface area contributed by atoms with Crippen LogP contribution in [0, 0.1) is 0 Å². The lowest BCUT2D eigenvalue weighted by Crippen LogP contribution is -2.42. The molecule has 0 aliphatic heterocycles. The van der Waals surface area contributed by atoms with Crippen molar-refractivity contribution in [3.63, 3.8) is 0 Å². The lowest BCUT2D eigenvalue weighted by molar-refractivity contribution is -0.138. The number of carboxylic acids is 1. The molecule has 0 spiro atoms. The molecule has 1 atom stereocenters. The van der Waals surface area contributed by atoms with Crippen LogP contribution in [-0.4, -0.2) is 44.4 Å².